The molecule has 10 rings (SSSR count). The van der Waals surface area contributed by atoms with Gasteiger partial charge in [-0.2, -0.15) is 0 Å². The minimum atomic E-state index is -0.0508. The van der Waals surface area contributed by atoms with Crippen LogP contribution in [0.3, 0.4) is 0 Å². The summed E-state index contributed by atoms with van der Waals surface area (Å²) in [6.45, 7) is 5.04. The number of hydrogen-bond acceptors (Lipinski definition) is 3. The molecule has 7 aromatic rings. The molecule has 5 unspecified atom stereocenters. The lowest BCUT2D eigenvalue weighted by atomic mass is 9.49. The molecule has 3 heteroatoms. The van der Waals surface area contributed by atoms with Crippen molar-refractivity contribution in [3.05, 3.63) is 151 Å². The number of benzene rings is 6. The maximum Gasteiger partial charge on any atom is 0.164 e. The lowest BCUT2D eigenvalue weighted by Crippen LogP contribution is -2.49. The first kappa shape index (κ1) is 30.4. The van der Waals surface area contributed by atoms with Gasteiger partial charge in [0.25, 0.3) is 0 Å². The van der Waals surface area contributed by atoms with Gasteiger partial charge in [-0.05, 0) is 99.6 Å². The van der Waals surface area contributed by atoms with Crippen molar-refractivity contribution in [1.29, 1.82) is 0 Å². The third-order valence-corrected chi connectivity index (χ3v) is 12.4. The molecule has 0 radical (unpaired) electrons. The molecule has 51 heavy (non-hydrogen) atoms. The third kappa shape index (κ3) is 4.74. The number of fused-ring (bicyclic) bond motifs is 10. The monoisotopic (exact) mass is 659 g/mol. The predicted molar refractivity (Wildman–Crippen MR) is 209 cm³/mol. The van der Waals surface area contributed by atoms with Gasteiger partial charge in [-0.15, -0.1) is 0 Å². The quantitative estimate of drug-likeness (QED) is 0.189. The first-order chi connectivity index (χ1) is 25.1. The molecule has 6 aromatic carbocycles. The van der Waals surface area contributed by atoms with Gasteiger partial charge < -0.3 is 0 Å². The van der Waals surface area contributed by atoms with E-state index >= 15 is 0 Å². The van der Waals surface area contributed by atoms with Crippen molar-refractivity contribution < 1.29 is 0 Å². The van der Waals surface area contributed by atoms with Crippen molar-refractivity contribution in [2.75, 3.05) is 0 Å². The van der Waals surface area contributed by atoms with Crippen molar-refractivity contribution in [2.45, 2.75) is 44.9 Å². The fourth-order valence-electron chi connectivity index (χ4n) is 10.6. The van der Waals surface area contributed by atoms with Gasteiger partial charge in [-0.1, -0.05) is 147 Å². The molecule has 3 nitrogen and oxygen atoms in total. The van der Waals surface area contributed by atoms with Crippen molar-refractivity contribution in [2.24, 2.45) is 23.7 Å². The van der Waals surface area contributed by atoms with E-state index in [9.17, 15) is 0 Å². The molecule has 248 valence electrons. The Morgan fingerprint density at radius 3 is 1.94 bits per heavy atom. The van der Waals surface area contributed by atoms with Gasteiger partial charge in [-0.25, -0.2) is 15.0 Å². The largest absolute Gasteiger partial charge is 0.208 e. The van der Waals surface area contributed by atoms with Gasteiger partial charge in [0.2, 0.25) is 0 Å². The summed E-state index contributed by atoms with van der Waals surface area (Å²) < 4.78 is 0. The summed E-state index contributed by atoms with van der Waals surface area (Å²) in [5, 5.41) is 2.76. The van der Waals surface area contributed by atoms with E-state index in [0.29, 0.717) is 23.5 Å². The molecule has 2 bridgehead atoms. The van der Waals surface area contributed by atoms with Gasteiger partial charge in [0, 0.05) is 22.1 Å². The smallest absolute Gasteiger partial charge is 0.164 e. The summed E-state index contributed by atoms with van der Waals surface area (Å²) in [7, 11) is 0. The minimum absolute atomic E-state index is 0.0508. The Balaban J connectivity index is 1.21. The molecular weight excluding hydrogens is 619 g/mol. The zero-order chi connectivity index (χ0) is 34.1. The fraction of sp³-hybridized carbons (Fsp3) is 0.229. The van der Waals surface area contributed by atoms with Crippen LogP contribution in [0.25, 0.3) is 67.2 Å². The number of aromatic nitrogens is 3. The molecule has 1 heterocycles. The van der Waals surface area contributed by atoms with E-state index < -0.39 is 0 Å². The lowest BCUT2D eigenvalue weighted by Gasteiger charge is -2.54. The molecular formula is C48H41N3. The van der Waals surface area contributed by atoms with Crippen LogP contribution in [0.1, 0.15) is 50.7 Å². The second-order valence-electron chi connectivity index (χ2n) is 15.4. The zero-order valence-electron chi connectivity index (χ0n) is 29.3. The van der Waals surface area contributed by atoms with Crippen LogP contribution >= 0.6 is 0 Å². The molecule has 3 aliphatic rings. The summed E-state index contributed by atoms with van der Waals surface area (Å²) in [6, 6.07) is 50.3. The predicted octanol–water partition coefficient (Wildman–Crippen LogP) is 12.1. The second-order valence-corrected chi connectivity index (χ2v) is 15.4. The Bertz CT molecular complexity index is 2430. The average molecular weight is 660 g/mol. The van der Waals surface area contributed by atoms with Crippen LogP contribution in [-0.2, 0) is 5.41 Å². The molecule has 1 spiro atoms. The molecule has 0 saturated heterocycles. The lowest BCUT2D eigenvalue weighted by molar-refractivity contribution is 0.0433. The standard InChI is InChI=1S/C48H41N3/c1-30-25-32-27-31(2)48(37(26-30)28-32)43-29-36(22-23-40(43)41-24-21-34-15-9-10-19-39(34)44(41)48)46-49-45(35-16-7-4-8-17-35)50-47(51-46)42-20-12-11-18-38(42)33-13-5-3-6-14-33/h3-24,29-32,37H,25-28H2,1-2H3. The zero-order valence-corrected chi connectivity index (χ0v) is 29.3. The van der Waals surface area contributed by atoms with Crippen LogP contribution < -0.4 is 0 Å². The van der Waals surface area contributed by atoms with Crippen LogP contribution in [0, 0.1) is 23.7 Å². The highest BCUT2D eigenvalue weighted by atomic mass is 15.0. The normalized spacial score (nSPS) is 23.3. The first-order valence-electron chi connectivity index (χ1n) is 18.7. The Kier molecular flexibility index (Phi) is 7.06. The third-order valence-electron chi connectivity index (χ3n) is 12.4. The van der Waals surface area contributed by atoms with Gasteiger partial charge in [-0.3, -0.25) is 0 Å². The molecule has 2 saturated carbocycles. The van der Waals surface area contributed by atoms with Crippen LogP contribution in [0.15, 0.2) is 140 Å². The van der Waals surface area contributed by atoms with E-state index in [1.165, 1.54) is 53.1 Å². The molecule has 0 N–H and O–H groups in total. The summed E-state index contributed by atoms with van der Waals surface area (Å²) in [5.74, 6) is 4.79. The summed E-state index contributed by atoms with van der Waals surface area (Å²) in [5.41, 5.74) is 11.1. The Labute approximate surface area is 300 Å². The molecule has 0 amide bonds. The van der Waals surface area contributed by atoms with Gasteiger partial charge >= 0.3 is 0 Å². The minimum Gasteiger partial charge on any atom is -0.208 e. The van der Waals surface area contributed by atoms with E-state index in [4.69, 9.17) is 15.0 Å². The maximum atomic E-state index is 5.31. The highest BCUT2D eigenvalue weighted by Gasteiger charge is 2.57. The van der Waals surface area contributed by atoms with Crippen LogP contribution in [-0.4, -0.2) is 15.0 Å². The SMILES string of the molecule is CC1CC2CC(C)C3(c4cc(-c5nc(-c6ccccc6)nc(-c6ccccc6-c6ccccc6)n5)ccc4-c4ccc5ccccc5c43)C(C1)C2. The van der Waals surface area contributed by atoms with Crippen LogP contribution in [0.4, 0.5) is 0 Å². The molecule has 5 atom stereocenters. The van der Waals surface area contributed by atoms with E-state index in [2.05, 4.69) is 147 Å². The van der Waals surface area contributed by atoms with Crippen molar-refractivity contribution in [3.8, 4) is 56.4 Å². The molecule has 3 aliphatic carbocycles. The van der Waals surface area contributed by atoms with E-state index in [0.717, 1.165) is 45.5 Å². The Morgan fingerprint density at radius 1 is 0.490 bits per heavy atom. The fourth-order valence-corrected chi connectivity index (χ4v) is 10.6. The van der Waals surface area contributed by atoms with E-state index in [1.54, 1.807) is 5.56 Å². The summed E-state index contributed by atoms with van der Waals surface area (Å²) in [4.78, 5) is 15.7. The highest BCUT2D eigenvalue weighted by molar-refractivity contribution is 5.98. The second kappa shape index (κ2) is 11.8. The average Bonchev–Trinajstić information content (AvgIpc) is 3.48. The highest BCUT2D eigenvalue weighted by Crippen LogP contribution is 2.66. The van der Waals surface area contributed by atoms with Crippen molar-refractivity contribution in [3.63, 3.8) is 0 Å². The van der Waals surface area contributed by atoms with Crippen molar-refractivity contribution >= 4 is 10.8 Å². The molecule has 1 aromatic heterocycles. The maximum absolute atomic E-state index is 5.31. The van der Waals surface area contributed by atoms with Crippen LogP contribution in [0.2, 0.25) is 0 Å². The van der Waals surface area contributed by atoms with Crippen molar-refractivity contribution in [1.82, 2.24) is 15.0 Å². The Hall–Kier alpha value is -5.41. The van der Waals surface area contributed by atoms with Gasteiger partial charge in [0.05, 0.1) is 0 Å². The number of hydrogen-bond donors (Lipinski definition) is 0. The molecule has 2 fully saturated rings. The first-order valence-corrected chi connectivity index (χ1v) is 18.7. The number of nitrogens with zero attached hydrogens (tertiary/aromatic N) is 3. The topological polar surface area (TPSA) is 38.7 Å². The number of rotatable bonds is 4. The van der Waals surface area contributed by atoms with Gasteiger partial charge in [0.15, 0.2) is 17.5 Å². The molecule has 0 aliphatic heterocycles. The van der Waals surface area contributed by atoms with Crippen LogP contribution in [0.5, 0.6) is 0 Å². The summed E-state index contributed by atoms with van der Waals surface area (Å²) >= 11 is 0. The van der Waals surface area contributed by atoms with E-state index in [1.807, 2.05) is 6.07 Å². The summed E-state index contributed by atoms with van der Waals surface area (Å²) in [6.07, 6.45) is 5.23. The van der Waals surface area contributed by atoms with E-state index in [-0.39, 0.29) is 5.41 Å². The Morgan fingerprint density at radius 2 is 1.14 bits per heavy atom. The van der Waals surface area contributed by atoms with Gasteiger partial charge in [0.1, 0.15) is 0 Å².